The lowest BCUT2D eigenvalue weighted by atomic mass is 9.98. The quantitative estimate of drug-likeness (QED) is 0.717. The zero-order chi connectivity index (χ0) is 24.3. The van der Waals surface area contributed by atoms with E-state index >= 15 is 0 Å². The van der Waals surface area contributed by atoms with Crippen LogP contribution in [0.1, 0.15) is 38.7 Å². The maximum Gasteiger partial charge on any atom is 0.490 e. The van der Waals surface area contributed by atoms with Crippen LogP contribution in [0.3, 0.4) is 0 Å². The van der Waals surface area contributed by atoms with Crippen molar-refractivity contribution in [1.82, 2.24) is 14.8 Å². The number of fused-ring (bicyclic) bond motifs is 2. The summed E-state index contributed by atoms with van der Waals surface area (Å²) in [5.74, 6) is -2.71. The number of carbonyl (C=O) groups excluding carboxylic acids is 1. The molecule has 33 heavy (non-hydrogen) atoms. The molecule has 2 N–H and O–H groups in total. The number of alkyl halides is 3. The summed E-state index contributed by atoms with van der Waals surface area (Å²) < 4.78 is 40.1. The lowest BCUT2D eigenvalue weighted by Gasteiger charge is -2.35. The van der Waals surface area contributed by atoms with E-state index in [-0.39, 0.29) is 24.2 Å². The maximum atomic E-state index is 12.3. The number of para-hydroxylation sites is 1. The van der Waals surface area contributed by atoms with E-state index in [2.05, 4.69) is 52.3 Å². The average Bonchev–Trinajstić information content (AvgIpc) is 3.28. The van der Waals surface area contributed by atoms with E-state index in [0.29, 0.717) is 6.04 Å². The topological polar surface area (TPSA) is 83.8 Å². The number of nitrogens with one attached hydrogen (secondary N) is 1. The summed E-state index contributed by atoms with van der Waals surface area (Å²) in [6.07, 6.45) is -0.0727. The molecule has 1 aromatic carbocycles. The minimum atomic E-state index is -5.08. The first-order chi connectivity index (χ1) is 15.5. The standard InChI is InChI=1S/C21H29N3O2.C2HF3O2/c1-14(2)22-21(25)20-9-8-18-19(26-20)10-11-24(18)13-15-12-23(3)17-7-5-4-6-16(15)17;3-2(4,5)1(6)7/h4-7,12,14,18-20H,8-11,13H2,1-3H3,(H,22,25);(H,6,7)/t18-,19-,20+;/m1./s1. The molecule has 2 aliphatic heterocycles. The van der Waals surface area contributed by atoms with Gasteiger partial charge >= 0.3 is 12.1 Å². The highest BCUT2D eigenvalue weighted by Crippen LogP contribution is 2.33. The summed E-state index contributed by atoms with van der Waals surface area (Å²) in [5.41, 5.74) is 2.66. The van der Waals surface area contributed by atoms with E-state index < -0.39 is 12.1 Å². The Morgan fingerprint density at radius 2 is 1.88 bits per heavy atom. The van der Waals surface area contributed by atoms with Crippen LogP contribution in [-0.4, -0.2) is 63.5 Å². The van der Waals surface area contributed by atoms with Crippen LogP contribution in [0.25, 0.3) is 10.9 Å². The summed E-state index contributed by atoms with van der Waals surface area (Å²) >= 11 is 0. The molecular weight excluding hydrogens is 439 g/mol. The number of likely N-dealkylation sites (tertiary alicyclic amines) is 1. The van der Waals surface area contributed by atoms with Crippen molar-refractivity contribution in [3.63, 3.8) is 0 Å². The van der Waals surface area contributed by atoms with Crippen LogP contribution in [0.5, 0.6) is 0 Å². The van der Waals surface area contributed by atoms with Crippen LogP contribution in [0.4, 0.5) is 13.2 Å². The second kappa shape index (κ2) is 10.1. The van der Waals surface area contributed by atoms with Gasteiger partial charge in [0.05, 0.1) is 6.10 Å². The summed E-state index contributed by atoms with van der Waals surface area (Å²) in [4.78, 5) is 23.7. The van der Waals surface area contributed by atoms with Crippen molar-refractivity contribution in [2.24, 2.45) is 7.05 Å². The Kier molecular flexibility index (Phi) is 7.69. The van der Waals surface area contributed by atoms with E-state index in [1.54, 1.807) is 0 Å². The second-order valence-corrected chi connectivity index (χ2v) is 8.82. The zero-order valence-electron chi connectivity index (χ0n) is 18.9. The van der Waals surface area contributed by atoms with E-state index in [9.17, 15) is 18.0 Å². The Balaban J connectivity index is 0.000000383. The van der Waals surface area contributed by atoms with E-state index in [1.807, 2.05) is 13.8 Å². The number of hydrogen-bond acceptors (Lipinski definition) is 4. The molecule has 0 saturated carbocycles. The molecule has 3 heterocycles. The number of aromatic nitrogens is 1. The lowest BCUT2D eigenvalue weighted by Crippen LogP contribution is -2.48. The summed E-state index contributed by atoms with van der Waals surface area (Å²) in [6.45, 7) is 5.97. The van der Waals surface area contributed by atoms with Gasteiger partial charge in [-0.25, -0.2) is 4.79 Å². The van der Waals surface area contributed by atoms with Crippen molar-refractivity contribution < 1.29 is 32.6 Å². The molecule has 0 spiro atoms. The molecule has 2 fully saturated rings. The largest absolute Gasteiger partial charge is 0.490 e. The van der Waals surface area contributed by atoms with Crippen molar-refractivity contribution in [2.45, 2.75) is 70.1 Å². The normalized spacial score (nSPS) is 23.2. The monoisotopic (exact) mass is 469 g/mol. The van der Waals surface area contributed by atoms with Crippen molar-refractivity contribution in [3.8, 4) is 0 Å². The Morgan fingerprint density at radius 3 is 2.52 bits per heavy atom. The smallest absolute Gasteiger partial charge is 0.475 e. The molecule has 7 nitrogen and oxygen atoms in total. The first-order valence-corrected chi connectivity index (χ1v) is 11.0. The highest BCUT2D eigenvalue weighted by molar-refractivity contribution is 5.84. The molecule has 3 atom stereocenters. The Bertz CT molecular complexity index is 989. The van der Waals surface area contributed by atoms with Gasteiger partial charge in [-0.05, 0) is 44.7 Å². The van der Waals surface area contributed by atoms with Crippen molar-refractivity contribution in [3.05, 3.63) is 36.0 Å². The lowest BCUT2D eigenvalue weighted by molar-refractivity contribution is -0.192. The van der Waals surface area contributed by atoms with Gasteiger partial charge in [0, 0.05) is 49.3 Å². The van der Waals surface area contributed by atoms with Gasteiger partial charge in [-0.2, -0.15) is 13.2 Å². The molecular formula is C23H30F3N3O4. The molecule has 0 unspecified atom stereocenters. The van der Waals surface area contributed by atoms with Crippen LogP contribution in [0, 0.1) is 0 Å². The molecule has 4 rings (SSSR count). The van der Waals surface area contributed by atoms with Crippen LogP contribution in [0.15, 0.2) is 30.5 Å². The summed E-state index contributed by atoms with van der Waals surface area (Å²) in [7, 11) is 2.11. The first-order valence-electron chi connectivity index (χ1n) is 11.0. The molecule has 2 aliphatic rings. The number of carboxylic acids is 1. The fraction of sp³-hybridized carbons (Fsp3) is 0.565. The molecule has 10 heteroatoms. The van der Waals surface area contributed by atoms with Gasteiger partial charge in [-0.3, -0.25) is 9.69 Å². The number of benzene rings is 1. The average molecular weight is 470 g/mol. The third-order valence-corrected chi connectivity index (χ3v) is 5.98. The molecule has 1 amide bonds. The van der Waals surface area contributed by atoms with Gasteiger partial charge in [0.1, 0.15) is 6.10 Å². The van der Waals surface area contributed by atoms with Crippen LogP contribution in [0.2, 0.25) is 0 Å². The number of amides is 1. The number of carbonyl (C=O) groups is 2. The minimum Gasteiger partial charge on any atom is -0.475 e. The van der Waals surface area contributed by atoms with Gasteiger partial charge in [0.15, 0.2) is 0 Å². The molecule has 182 valence electrons. The predicted octanol–water partition coefficient (Wildman–Crippen LogP) is 3.46. The third kappa shape index (κ3) is 6.05. The fourth-order valence-corrected chi connectivity index (χ4v) is 4.55. The molecule has 0 bridgehead atoms. The van der Waals surface area contributed by atoms with Crippen LogP contribution in [-0.2, 0) is 27.9 Å². The van der Waals surface area contributed by atoms with Gasteiger partial charge in [0.2, 0.25) is 5.91 Å². The van der Waals surface area contributed by atoms with E-state index in [0.717, 1.165) is 32.4 Å². The van der Waals surface area contributed by atoms with E-state index in [4.69, 9.17) is 14.6 Å². The van der Waals surface area contributed by atoms with Crippen LogP contribution < -0.4 is 5.32 Å². The number of hydrogen-bond donors (Lipinski definition) is 2. The number of aryl methyl sites for hydroxylation is 1. The van der Waals surface area contributed by atoms with E-state index in [1.165, 1.54) is 16.5 Å². The zero-order valence-corrected chi connectivity index (χ0v) is 18.9. The Morgan fingerprint density at radius 1 is 1.21 bits per heavy atom. The fourth-order valence-electron chi connectivity index (χ4n) is 4.55. The van der Waals surface area contributed by atoms with Crippen LogP contribution >= 0.6 is 0 Å². The highest BCUT2D eigenvalue weighted by atomic mass is 19.4. The van der Waals surface area contributed by atoms with Gasteiger partial charge in [-0.15, -0.1) is 0 Å². The number of aliphatic carboxylic acids is 1. The highest BCUT2D eigenvalue weighted by Gasteiger charge is 2.42. The number of ether oxygens (including phenoxy) is 1. The summed E-state index contributed by atoms with van der Waals surface area (Å²) in [5, 5.41) is 11.4. The van der Waals surface area contributed by atoms with Gasteiger partial charge in [-0.1, -0.05) is 18.2 Å². The predicted molar refractivity (Wildman–Crippen MR) is 117 cm³/mol. The number of rotatable bonds is 4. The Labute approximate surface area is 190 Å². The maximum absolute atomic E-state index is 12.3. The number of nitrogens with zero attached hydrogens (tertiary/aromatic N) is 2. The molecule has 0 radical (unpaired) electrons. The molecule has 2 saturated heterocycles. The number of carboxylic acid groups (broad SMARTS) is 1. The molecule has 1 aromatic heterocycles. The summed E-state index contributed by atoms with van der Waals surface area (Å²) in [6, 6.07) is 9.18. The van der Waals surface area contributed by atoms with Crippen molar-refractivity contribution in [2.75, 3.05) is 6.54 Å². The third-order valence-electron chi connectivity index (χ3n) is 5.98. The molecule has 0 aliphatic carbocycles. The SMILES string of the molecule is CC(C)NC(=O)[C@@H]1CC[C@@H]2[C@@H](CCN2Cc2cn(C)c3ccccc23)O1.O=C(O)C(F)(F)F. The Hall–Kier alpha value is -2.59. The molecule has 2 aromatic rings. The van der Waals surface area contributed by atoms with Gasteiger partial charge < -0.3 is 19.7 Å². The first kappa shape index (κ1) is 25.0. The van der Waals surface area contributed by atoms with Crippen molar-refractivity contribution in [1.29, 1.82) is 0 Å². The second-order valence-electron chi connectivity index (χ2n) is 8.82. The van der Waals surface area contributed by atoms with Gasteiger partial charge in [0.25, 0.3) is 0 Å². The van der Waals surface area contributed by atoms with Crippen molar-refractivity contribution >= 4 is 22.8 Å². The number of halogens is 3. The minimum absolute atomic E-state index is 0.0472.